The lowest BCUT2D eigenvalue weighted by atomic mass is 9.90. The molecule has 0 radical (unpaired) electrons. The molecule has 0 aliphatic heterocycles. The summed E-state index contributed by atoms with van der Waals surface area (Å²) in [4.78, 5) is 13.0. The van der Waals surface area contributed by atoms with Crippen LogP contribution in [0.15, 0.2) is 78.9 Å². The van der Waals surface area contributed by atoms with Crippen molar-refractivity contribution in [1.82, 2.24) is 0 Å². The normalized spacial score (nSPS) is 10.6. The number of nitrogens with two attached hydrogens (primary N) is 1. The van der Waals surface area contributed by atoms with Crippen LogP contribution in [0.4, 0.5) is 11.4 Å². The largest absolute Gasteiger partial charge is 0.399 e. The molecule has 120 valence electrons. The van der Waals surface area contributed by atoms with Gasteiger partial charge in [0.25, 0.3) is 0 Å². The molecule has 0 bridgehead atoms. The molecule has 0 atom stereocenters. The first-order chi connectivity index (χ1) is 11.6. The maximum Gasteiger partial charge on any atom is 0.236 e. The Morgan fingerprint density at radius 1 is 0.875 bits per heavy atom. The second-order valence-corrected chi connectivity index (χ2v) is 5.82. The van der Waals surface area contributed by atoms with Crippen molar-refractivity contribution < 1.29 is 4.79 Å². The van der Waals surface area contributed by atoms with Gasteiger partial charge in [-0.1, -0.05) is 60.7 Å². The molecule has 3 N–H and O–H groups in total. The molecule has 24 heavy (non-hydrogen) atoms. The zero-order valence-corrected chi connectivity index (χ0v) is 13.6. The van der Waals surface area contributed by atoms with E-state index in [0.29, 0.717) is 5.69 Å². The number of carbonyl (C=O) groups is 1. The summed E-state index contributed by atoms with van der Waals surface area (Å²) in [5.41, 5.74) is 10.1. The van der Waals surface area contributed by atoms with Gasteiger partial charge in [-0.2, -0.15) is 0 Å². The molecule has 0 aliphatic carbocycles. The van der Waals surface area contributed by atoms with E-state index < -0.39 is 0 Å². The van der Waals surface area contributed by atoms with Crippen molar-refractivity contribution in [2.75, 3.05) is 11.1 Å². The molecule has 3 aromatic carbocycles. The Balaban J connectivity index is 1.95. The first kappa shape index (κ1) is 15.8. The summed E-state index contributed by atoms with van der Waals surface area (Å²) in [5.74, 6) is -0.412. The first-order valence-corrected chi connectivity index (χ1v) is 7.92. The van der Waals surface area contributed by atoms with Crippen molar-refractivity contribution in [2.45, 2.75) is 12.8 Å². The van der Waals surface area contributed by atoms with Crippen molar-refractivity contribution in [2.24, 2.45) is 0 Å². The van der Waals surface area contributed by atoms with E-state index in [-0.39, 0.29) is 11.8 Å². The standard InChI is InChI=1S/C21H20N2O/c1-15-14-18(22)12-13-19(15)23-21(24)20(16-8-4-2-5-9-16)17-10-6-3-7-11-17/h2-14,20H,22H2,1H3,(H,23,24). The average molecular weight is 316 g/mol. The average Bonchev–Trinajstić information content (AvgIpc) is 2.60. The van der Waals surface area contributed by atoms with Gasteiger partial charge in [-0.3, -0.25) is 4.79 Å². The van der Waals surface area contributed by atoms with Crippen LogP contribution in [0.1, 0.15) is 22.6 Å². The molecular formula is C21H20N2O. The lowest BCUT2D eigenvalue weighted by Crippen LogP contribution is -2.22. The Morgan fingerprint density at radius 3 is 1.92 bits per heavy atom. The van der Waals surface area contributed by atoms with Crippen molar-refractivity contribution >= 4 is 17.3 Å². The monoisotopic (exact) mass is 316 g/mol. The molecular weight excluding hydrogens is 296 g/mol. The predicted molar refractivity (Wildman–Crippen MR) is 98.9 cm³/mol. The molecule has 3 heteroatoms. The third kappa shape index (κ3) is 3.46. The number of hydrogen-bond acceptors (Lipinski definition) is 2. The first-order valence-electron chi connectivity index (χ1n) is 7.92. The third-order valence-electron chi connectivity index (χ3n) is 4.04. The summed E-state index contributed by atoms with van der Waals surface area (Å²) in [5, 5.41) is 3.04. The molecule has 1 amide bonds. The fourth-order valence-electron chi connectivity index (χ4n) is 2.82. The molecule has 0 saturated heterocycles. The molecule has 3 nitrogen and oxygen atoms in total. The number of benzene rings is 3. The van der Waals surface area contributed by atoms with E-state index in [1.54, 1.807) is 6.07 Å². The summed E-state index contributed by atoms with van der Waals surface area (Å²) >= 11 is 0. The molecule has 0 aliphatic rings. The Morgan fingerprint density at radius 2 is 1.42 bits per heavy atom. The fourth-order valence-corrected chi connectivity index (χ4v) is 2.82. The maximum absolute atomic E-state index is 13.0. The van der Waals surface area contributed by atoms with Crippen LogP contribution in [-0.2, 0) is 4.79 Å². The zero-order chi connectivity index (χ0) is 16.9. The van der Waals surface area contributed by atoms with E-state index in [2.05, 4.69) is 5.32 Å². The van der Waals surface area contributed by atoms with Crippen LogP contribution in [0.2, 0.25) is 0 Å². The summed E-state index contributed by atoms with van der Waals surface area (Å²) in [6.45, 7) is 1.94. The van der Waals surface area contributed by atoms with Crippen molar-refractivity contribution in [3.8, 4) is 0 Å². The van der Waals surface area contributed by atoms with Gasteiger partial charge in [0.05, 0.1) is 5.92 Å². The highest BCUT2D eigenvalue weighted by molar-refractivity contribution is 5.98. The summed E-state index contributed by atoms with van der Waals surface area (Å²) < 4.78 is 0. The van der Waals surface area contributed by atoms with Gasteiger partial charge in [-0.25, -0.2) is 0 Å². The van der Waals surface area contributed by atoms with E-state index in [1.165, 1.54) is 0 Å². The Labute approximate surface area is 142 Å². The van der Waals surface area contributed by atoms with E-state index in [9.17, 15) is 4.79 Å². The van der Waals surface area contributed by atoms with Gasteiger partial charge < -0.3 is 11.1 Å². The highest BCUT2D eigenvalue weighted by Crippen LogP contribution is 2.27. The van der Waals surface area contributed by atoms with Crippen molar-refractivity contribution in [3.05, 3.63) is 95.6 Å². The minimum absolute atomic E-state index is 0.0553. The zero-order valence-electron chi connectivity index (χ0n) is 13.6. The van der Waals surface area contributed by atoms with Gasteiger partial charge >= 0.3 is 0 Å². The molecule has 3 aromatic rings. The second kappa shape index (κ2) is 7.01. The van der Waals surface area contributed by atoms with Gasteiger partial charge in [0.15, 0.2) is 0 Å². The molecule has 3 rings (SSSR count). The number of amides is 1. The summed E-state index contributed by atoms with van der Waals surface area (Å²) in [6, 6.07) is 25.1. The Hall–Kier alpha value is -3.07. The van der Waals surface area contributed by atoms with E-state index in [0.717, 1.165) is 22.4 Å². The van der Waals surface area contributed by atoms with Crippen LogP contribution in [0.25, 0.3) is 0 Å². The van der Waals surface area contributed by atoms with Crippen LogP contribution < -0.4 is 11.1 Å². The van der Waals surface area contributed by atoms with Crippen LogP contribution in [0.3, 0.4) is 0 Å². The van der Waals surface area contributed by atoms with Gasteiger partial charge in [-0.15, -0.1) is 0 Å². The molecule has 0 unspecified atom stereocenters. The highest BCUT2D eigenvalue weighted by Gasteiger charge is 2.22. The van der Waals surface area contributed by atoms with Crippen LogP contribution in [0.5, 0.6) is 0 Å². The number of aryl methyl sites for hydroxylation is 1. The molecule has 0 aromatic heterocycles. The topological polar surface area (TPSA) is 55.1 Å². The number of nitrogens with one attached hydrogen (secondary N) is 1. The van der Waals surface area contributed by atoms with E-state index in [4.69, 9.17) is 5.73 Å². The van der Waals surface area contributed by atoms with Gasteiger partial charge in [0.2, 0.25) is 5.91 Å². The summed E-state index contributed by atoms with van der Waals surface area (Å²) in [6.07, 6.45) is 0. The number of hydrogen-bond donors (Lipinski definition) is 2. The maximum atomic E-state index is 13.0. The molecule has 0 fully saturated rings. The van der Waals surface area contributed by atoms with E-state index >= 15 is 0 Å². The predicted octanol–water partition coefficient (Wildman–Crippen LogP) is 4.35. The van der Waals surface area contributed by atoms with Gasteiger partial charge in [0.1, 0.15) is 0 Å². The quantitative estimate of drug-likeness (QED) is 0.703. The lowest BCUT2D eigenvalue weighted by Gasteiger charge is -2.19. The SMILES string of the molecule is Cc1cc(N)ccc1NC(=O)C(c1ccccc1)c1ccccc1. The van der Waals surface area contributed by atoms with E-state index in [1.807, 2.05) is 79.7 Å². The van der Waals surface area contributed by atoms with Crippen molar-refractivity contribution in [3.63, 3.8) is 0 Å². The smallest absolute Gasteiger partial charge is 0.236 e. The van der Waals surface area contributed by atoms with Crippen LogP contribution in [-0.4, -0.2) is 5.91 Å². The number of rotatable bonds is 4. The van der Waals surface area contributed by atoms with Gasteiger partial charge in [0, 0.05) is 11.4 Å². The highest BCUT2D eigenvalue weighted by atomic mass is 16.1. The minimum Gasteiger partial charge on any atom is -0.399 e. The third-order valence-corrected chi connectivity index (χ3v) is 4.04. The van der Waals surface area contributed by atoms with Gasteiger partial charge in [-0.05, 0) is 41.8 Å². The number of anilines is 2. The molecule has 0 heterocycles. The minimum atomic E-state index is -0.357. The Bertz CT molecular complexity index is 789. The second-order valence-electron chi connectivity index (χ2n) is 5.82. The van der Waals surface area contributed by atoms with Crippen LogP contribution >= 0.6 is 0 Å². The fraction of sp³-hybridized carbons (Fsp3) is 0.0952. The molecule has 0 saturated carbocycles. The number of carbonyl (C=O) groups excluding carboxylic acids is 1. The van der Waals surface area contributed by atoms with Crippen molar-refractivity contribution in [1.29, 1.82) is 0 Å². The number of nitrogen functional groups attached to an aromatic ring is 1. The Kier molecular flexibility index (Phi) is 4.62. The van der Waals surface area contributed by atoms with Crippen LogP contribution in [0, 0.1) is 6.92 Å². The summed E-state index contributed by atoms with van der Waals surface area (Å²) in [7, 11) is 0. The lowest BCUT2D eigenvalue weighted by molar-refractivity contribution is -0.116. The molecule has 0 spiro atoms.